The number of aliphatic hydroxyl groups excluding tert-OH is 1. The topological polar surface area (TPSA) is 95.9 Å². The molecular formula is C18H19FN2O5S. The van der Waals surface area contributed by atoms with E-state index in [9.17, 15) is 17.6 Å². The molecule has 0 aromatic heterocycles. The molecule has 1 heterocycles. The highest BCUT2D eigenvalue weighted by atomic mass is 32.2. The smallest absolute Gasteiger partial charge is 0.255 e. The summed E-state index contributed by atoms with van der Waals surface area (Å²) in [6.45, 7) is 0.560. The second-order valence-corrected chi connectivity index (χ2v) is 7.88. The van der Waals surface area contributed by atoms with Crippen LogP contribution in [0.4, 0.5) is 10.1 Å². The number of benzene rings is 2. The number of amides is 1. The van der Waals surface area contributed by atoms with Crippen LogP contribution in [0.2, 0.25) is 0 Å². The van der Waals surface area contributed by atoms with Crippen molar-refractivity contribution in [3.8, 4) is 0 Å². The van der Waals surface area contributed by atoms with Crippen molar-refractivity contribution >= 4 is 21.6 Å². The minimum atomic E-state index is -4.07. The number of ether oxygens (including phenoxy) is 1. The van der Waals surface area contributed by atoms with Gasteiger partial charge in [-0.3, -0.25) is 4.79 Å². The van der Waals surface area contributed by atoms with Gasteiger partial charge >= 0.3 is 0 Å². The normalized spacial score (nSPS) is 15.5. The van der Waals surface area contributed by atoms with Crippen LogP contribution >= 0.6 is 0 Å². The van der Waals surface area contributed by atoms with E-state index in [1.165, 1.54) is 6.07 Å². The summed E-state index contributed by atoms with van der Waals surface area (Å²) < 4.78 is 45.9. The number of nitrogens with zero attached hydrogens (tertiary/aromatic N) is 1. The highest BCUT2D eigenvalue weighted by Crippen LogP contribution is 2.22. The molecule has 1 fully saturated rings. The monoisotopic (exact) mass is 394 g/mol. The molecule has 7 nitrogen and oxygen atoms in total. The molecule has 0 spiro atoms. The van der Waals surface area contributed by atoms with Crippen LogP contribution in [-0.2, 0) is 21.4 Å². The summed E-state index contributed by atoms with van der Waals surface area (Å²) in [5.41, 5.74) is 1.06. The molecular weight excluding hydrogens is 375 g/mol. The zero-order valence-electron chi connectivity index (χ0n) is 14.4. The van der Waals surface area contributed by atoms with Crippen LogP contribution < -0.4 is 5.32 Å². The summed E-state index contributed by atoms with van der Waals surface area (Å²) in [6.07, 6.45) is 0. The molecule has 27 heavy (non-hydrogen) atoms. The van der Waals surface area contributed by atoms with Crippen molar-refractivity contribution < 1.29 is 27.4 Å². The predicted octanol–water partition coefficient (Wildman–Crippen LogP) is 1.59. The molecule has 0 atom stereocenters. The highest BCUT2D eigenvalue weighted by Gasteiger charge is 2.29. The Hall–Kier alpha value is -2.33. The van der Waals surface area contributed by atoms with Gasteiger partial charge < -0.3 is 15.2 Å². The number of sulfonamides is 1. The van der Waals surface area contributed by atoms with E-state index in [0.717, 1.165) is 16.4 Å². The third-order valence-electron chi connectivity index (χ3n) is 4.15. The Morgan fingerprint density at radius 2 is 1.93 bits per heavy atom. The van der Waals surface area contributed by atoms with Gasteiger partial charge in [-0.2, -0.15) is 4.31 Å². The molecule has 0 unspecified atom stereocenters. The molecule has 144 valence electrons. The van der Waals surface area contributed by atoms with E-state index in [2.05, 4.69) is 5.32 Å². The quantitative estimate of drug-likeness (QED) is 0.803. The third-order valence-corrected chi connectivity index (χ3v) is 6.06. The van der Waals surface area contributed by atoms with E-state index < -0.39 is 26.6 Å². The van der Waals surface area contributed by atoms with E-state index in [1.54, 1.807) is 24.3 Å². The largest absolute Gasteiger partial charge is 0.392 e. The lowest BCUT2D eigenvalue weighted by Gasteiger charge is -2.26. The summed E-state index contributed by atoms with van der Waals surface area (Å²) in [5.74, 6) is -1.50. The van der Waals surface area contributed by atoms with E-state index in [1.807, 2.05) is 0 Å². The molecule has 1 amide bonds. The van der Waals surface area contributed by atoms with Crippen molar-refractivity contribution in [2.75, 3.05) is 31.6 Å². The molecule has 0 aliphatic carbocycles. The standard InChI is InChI=1S/C18H19FN2O5S/c19-16-5-4-14(18(23)20-15-3-1-2-13(10-15)12-22)11-17(16)27(24,25)21-6-8-26-9-7-21/h1-5,10-11,22H,6-9,12H2,(H,20,23). The molecule has 0 radical (unpaired) electrons. The van der Waals surface area contributed by atoms with E-state index >= 15 is 0 Å². The van der Waals surface area contributed by atoms with Gasteiger partial charge in [0.05, 0.1) is 19.8 Å². The highest BCUT2D eigenvalue weighted by molar-refractivity contribution is 7.89. The van der Waals surface area contributed by atoms with Crippen LogP contribution in [0, 0.1) is 5.82 Å². The summed E-state index contributed by atoms with van der Waals surface area (Å²) >= 11 is 0. The first kappa shape index (κ1) is 19.4. The Morgan fingerprint density at radius 3 is 2.63 bits per heavy atom. The molecule has 2 aromatic carbocycles. The van der Waals surface area contributed by atoms with Gasteiger partial charge in [0.25, 0.3) is 5.91 Å². The number of morpholine rings is 1. The maximum atomic E-state index is 14.2. The maximum Gasteiger partial charge on any atom is 0.255 e. The number of carbonyl (C=O) groups is 1. The van der Waals surface area contributed by atoms with E-state index in [0.29, 0.717) is 11.3 Å². The van der Waals surface area contributed by atoms with Gasteiger partial charge in [0.2, 0.25) is 10.0 Å². The fourth-order valence-corrected chi connectivity index (χ4v) is 4.22. The Balaban J connectivity index is 1.87. The van der Waals surface area contributed by atoms with Crippen molar-refractivity contribution in [1.29, 1.82) is 0 Å². The Bertz CT molecular complexity index is 943. The molecule has 0 bridgehead atoms. The van der Waals surface area contributed by atoms with Crippen molar-refractivity contribution in [3.63, 3.8) is 0 Å². The lowest BCUT2D eigenvalue weighted by molar-refractivity contribution is 0.0729. The van der Waals surface area contributed by atoms with Gasteiger partial charge in [0, 0.05) is 24.3 Å². The molecule has 0 saturated carbocycles. The van der Waals surface area contributed by atoms with Crippen LogP contribution in [0.15, 0.2) is 47.4 Å². The summed E-state index contributed by atoms with van der Waals surface area (Å²) in [7, 11) is -4.07. The molecule has 1 aliphatic rings. The molecule has 1 saturated heterocycles. The van der Waals surface area contributed by atoms with Crippen LogP contribution in [0.3, 0.4) is 0 Å². The number of anilines is 1. The van der Waals surface area contributed by atoms with Gasteiger partial charge in [0.1, 0.15) is 10.7 Å². The van der Waals surface area contributed by atoms with Crippen molar-refractivity contribution in [1.82, 2.24) is 4.31 Å². The number of aliphatic hydroxyl groups is 1. The van der Waals surface area contributed by atoms with Crippen molar-refractivity contribution in [3.05, 3.63) is 59.4 Å². The molecule has 9 heteroatoms. The molecule has 3 rings (SSSR count). The molecule has 2 N–H and O–H groups in total. The number of hydrogen-bond acceptors (Lipinski definition) is 5. The van der Waals surface area contributed by atoms with Crippen molar-refractivity contribution in [2.45, 2.75) is 11.5 Å². The number of hydrogen-bond donors (Lipinski definition) is 2. The van der Waals surface area contributed by atoms with E-state index in [4.69, 9.17) is 9.84 Å². The van der Waals surface area contributed by atoms with E-state index in [-0.39, 0.29) is 38.5 Å². The lowest BCUT2D eigenvalue weighted by Crippen LogP contribution is -2.41. The minimum Gasteiger partial charge on any atom is -0.392 e. The number of nitrogens with one attached hydrogen (secondary N) is 1. The Kier molecular flexibility index (Phi) is 5.85. The fraction of sp³-hybridized carbons (Fsp3) is 0.278. The summed E-state index contributed by atoms with van der Waals surface area (Å²) in [4.78, 5) is 11.9. The number of halogens is 1. The minimum absolute atomic E-state index is 0.0117. The Labute approximate surface area is 156 Å². The average Bonchev–Trinajstić information content (AvgIpc) is 2.69. The van der Waals surface area contributed by atoms with Gasteiger partial charge in [-0.25, -0.2) is 12.8 Å². The van der Waals surface area contributed by atoms with Gasteiger partial charge in [-0.15, -0.1) is 0 Å². The first-order valence-electron chi connectivity index (χ1n) is 8.30. The second kappa shape index (κ2) is 8.13. The fourth-order valence-electron chi connectivity index (χ4n) is 2.72. The first-order chi connectivity index (χ1) is 12.9. The summed E-state index contributed by atoms with van der Waals surface area (Å²) in [6, 6.07) is 9.80. The Morgan fingerprint density at radius 1 is 1.19 bits per heavy atom. The van der Waals surface area contributed by atoms with Gasteiger partial charge in [-0.05, 0) is 35.9 Å². The number of rotatable bonds is 5. The van der Waals surface area contributed by atoms with Crippen LogP contribution in [0.5, 0.6) is 0 Å². The number of carbonyl (C=O) groups excluding carboxylic acids is 1. The van der Waals surface area contributed by atoms with Gasteiger partial charge in [-0.1, -0.05) is 12.1 Å². The van der Waals surface area contributed by atoms with Crippen LogP contribution in [0.1, 0.15) is 15.9 Å². The third kappa shape index (κ3) is 4.33. The first-order valence-corrected chi connectivity index (χ1v) is 9.74. The lowest BCUT2D eigenvalue weighted by atomic mass is 10.2. The predicted molar refractivity (Wildman–Crippen MR) is 96.3 cm³/mol. The molecule has 2 aromatic rings. The average molecular weight is 394 g/mol. The zero-order chi connectivity index (χ0) is 19.4. The van der Waals surface area contributed by atoms with Gasteiger partial charge in [0.15, 0.2) is 0 Å². The van der Waals surface area contributed by atoms with Crippen LogP contribution in [0.25, 0.3) is 0 Å². The maximum absolute atomic E-state index is 14.2. The summed E-state index contributed by atoms with van der Waals surface area (Å²) in [5, 5.41) is 11.8. The second-order valence-electron chi connectivity index (χ2n) is 5.97. The SMILES string of the molecule is O=C(Nc1cccc(CO)c1)c1ccc(F)c(S(=O)(=O)N2CCOCC2)c1. The van der Waals surface area contributed by atoms with Crippen molar-refractivity contribution in [2.24, 2.45) is 0 Å². The van der Waals surface area contributed by atoms with Crippen LogP contribution in [-0.4, -0.2) is 50.0 Å². The zero-order valence-corrected chi connectivity index (χ0v) is 15.2. The molecule has 1 aliphatic heterocycles.